The zero-order chi connectivity index (χ0) is 19.2. The van der Waals surface area contributed by atoms with E-state index in [9.17, 15) is 0 Å². The number of benzene rings is 2. The number of hydrogen-bond acceptors (Lipinski definition) is 6. The highest BCUT2D eigenvalue weighted by atomic mass is 16.5. The van der Waals surface area contributed by atoms with Gasteiger partial charge in [-0.3, -0.25) is 4.90 Å². The van der Waals surface area contributed by atoms with Gasteiger partial charge in [0, 0.05) is 44.9 Å². The van der Waals surface area contributed by atoms with Crippen LogP contribution in [0.1, 0.15) is 5.56 Å². The van der Waals surface area contributed by atoms with Crippen LogP contribution in [0.15, 0.2) is 67.0 Å². The van der Waals surface area contributed by atoms with Crippen molar-refractivity contribution in [1.29, 1.82) is 0 Å². The first-order chi connectivity index (χ1) is 13.8. The number of aromatic nitrogens is 2. The van der Waals surface area contributed by atoms with Gasteiger partial charge in [0.25, 0.3) is 0 Å². The van der Waals surface area contributed by atoms with Crippen molar-refractivity contribution in [3.8, 4) is 17.4 Å². The monoisotopic (exact) mass is 376 g/mol. The summed E-state index contributed by atoms with van der Waals surface area (Å²) in [5.74, 6) is 2.87. The van der Waals surface area contributed by atoms with E-state index in [1.165, 1.54) is 5.56 Å². The zero-order valence-electron chi connectivity index (χ0n) is 16.0. The van der Waals surface area contributed by atoms with E-state index < -0.39 is 0 Å². The topological polar surface area (TPSA) is 50.7 Å². The molecule has 0 aliphatic carbocycles. The van der Waals surface area contributed by atoms with Crippen molar-refractivity contribution in [3.63, 3.8) is 0 Å². The van der Waals surface area contributed by atoms with E-state index in [0.29, 0.717) is 11.6 Å². The summed E-state index contributed by atoms with van der Waals surface area (Å²) in [6.07, 6.45) is 1.56. The Labute approximate surface area is 165 Å². The second-order valence-electron chi connectivity index (χ2n) is 6.74. The van der Waals surface area contributed by atoms with Crippen LogP contribution in [0.3, 0.4) is 0 Å². The first-order valence-electron chi connectivity index (χ1n) is 9.45. The maximum Gasteiger partial charge on any atom is 0.224 e. The molecule has 0 saturated carbocycles. The van der Waals surface area contributed by atoms with Crippen LogP contribution in [0.25, 0.3) is 0 Å². The Morgan fingerprint density at radius 2 is 1.64 bits per heavy atom. The smallest absolute Gasteiger partial charge is 0.224 e. The Balaban J connectivity index is 1.37. The van der Waals surface area contributed by atoms with Gasteiger partial charge in [-0.2, -0.15) is 0 Å². The molecule has 0 spiro atoms. The molecule has 1 fully saturated rings. The molecular formula is C22H24N4O2. The molecule has 0 unspecified atom stereocenters. The molecule has 2 aromatic carbocycles. The van der Waals surface area contributed by atoms with Crippen molar-refractivity contribution >= 4 is 5.82 Å². The van der Waals surface area contributed by atoms with Crippen LogP contribution in [0.4, 0.5) is 5.82 Å². The van der Waals surface area contributed by atoms with E-state index in [4.69, 9.17) is 9.47 Å². The summed E-state index contributed by atoms with van der Waals surface area (Å²) >= 11 is 0. The Morgan fingerprint density at radius 3 is 2.43 bits per heavy atom. The minimum Gasteiger partial charge on any atom is -0.497 e. The van der Waals surface area contributed by atoms with Gasteiger partial charge in [0.05, 0.1) is 7.11 Å². The number of piperazine rings is 1. The summed E-state index contributed by atoms with van der Waals surface area (Å²) < 4.78 is 11.1. The summed E-state index contributed by atoms with van der Waals surface area (Å²) in [5.41, 5.74) is 1.35. The van der Waals surface area contributed by atoms with Crippen molar-refractivity contribution in [2.75, 3.05) is 38.2 Å². The van der Waals surface area contributed by atoms with E-state index in [1.807, 2.05) is 30.3 Å². The third-order valence-electron chi connectivity index (χ3n) is 4.84. The quantitative estimate of drug-likeness (QED) is 0.655. The highest BCUT2D eigenvalue weighted by Gasteiger charge is 2.19. The summed E-state index contributed by atoms with van der Waals surface area (Å²) in [6.45, 7) is 4.86. The van der Waals surface area contributed by atoms with Crippen LogP contribution in [-0.2, 0) is 6.54 Å². The fraction of sp³-hybridized carbons (Fsp3) is 0.273. The Kier molecular flexibility index (Phi) is 5.68. The van der Waals surface area contributed by atoms with Gasteiger partial charge >= 0.3 is 0 Å². The minimum absolute atomic E-state index is 0.532. The van der Waals surface area contributed by atoms with Gasteiger partial charge < -0.3 is 14.4 Å². The Bertz CT molecular complexity index is 896. The van der Waals surface area contributed by atoms with Gasteiger partial charge in [0.2, 0.25) is 5.88 Å². The molecule has 28 heavy (non-hydrogen) atoms. The molecule has 6 heteroatoms. The number of ether oxygens (including phenoxy) is 2. The van der Waals surface area contributed by atoms with E-state index in [-0.39, 0.29) is 0 Å². The van der Waals surface area contributed by atoms with Crippen LogP contribution in [0.5, 0.6) is 17.4 Å². The average molecular weight is 376 g/mol. The highest BCUT2D eigenvalue weighted by molar-refractivity contribution is 5.43. The number of rotatable bonds is 6. The number of anilines is 1. The van der Waals surface area contributed by atoms with Crippen LogP contribution in [0, 0.1) is 0 Å². The number of nitrogens with zero attached hydrogens (tertiary/aromatic N) is 4. The molecule has 0 radical (unpaired) electrons. The number of hydrogen-bond donors (Lipinski definition) is 0. The Hall–Kier alpha value is -3.12. The van der Waals surface area contributed by atoms with Crippen molar-refractivity contribution in [1.82, 2.24) is 14.9 Å². The van der Waals surface area contributed by atoms with Crippen LogP contribution in [-0.4, -0.2) is 48.2 Å². The second kappa shape index (κ2) is 8.71. The lowest BCUT2D eigenvalue weighted by Gasteiger charge is -2.35. The average Bonchev–Trinajstić information content (AvgIpc) is 2.75. The highest BCUT2D eigenvalue weighted by Crippen LogP contribution is 2.26. The van der Waals surface area contributed by atoms with E-state index >= 15 is 0 Å². The largest absolute Gasteiger partial charge is 0.497 e. The van der Waals surface area contributed by atoms with E-state index in [2.05, 4.69) is 50.1 Å². The second-order valence-corrected chi connectivity index (χ2v) is 6.74. The molecule has 1 aromatic heterocycles. The van der Waals surface area contributed by atoms with Crippen LogP contribution < -0.4 is 14.4 Å². The molecule has 3 aromatic rings. The molecule has 1 aliphatic rings. The predicted octanol–water partition coefficient (Wildman–Crippen LogP) is 3.60. The van der Waals surface area contributed by atoms with Crippen molar-refractivity contribution in [2.45, 2.75) is 6.54 Å². The van der Waals surface area contributed by atoms with Gasteiger partial charge in [0.1, 0.15) is 23.6 Å². The summed E-state index contributed by atoms with van der Waals surface area (Å²) in [5, 5.41) is 0. The van der Waals surface area contributed by atoms with E-state index in [0.717, 1.165) is 44.3 Å². The molecule has 6 nitrogen and oxygen atoms in total. The first-order valence-corrected chi connectivity index (χ1v) is 9.45. The molecule has 0 N–H and O–H groups in total. The standard InChI is InChI=1S/C22H24N4O2/c1-27-19-8-5-9-20(14-19)28-22-15-21(23-17-24-22)26-12-10-25(11-13-26)16-18-6-3-2-4-7-18/h2-9,14-15,17H,10-13,16H2,1H3. The SMILES string of the molecule is COc1cccc(Oc2cc(N3CCN(Cc4ccccc4)CC3)ncn2)c1. The van der Waals surface area contributed by atoms with Gasteiger partial charge in [-0.15, -0.1) is 0 Å². The van der Waals surface area contributed by atoms with E-state index in [1.54, 1.807) is 13.4 Å². The summed E-state index contributed by atoms with van der Waals surface area (Å²) in [7, 11) is 1.64. The molecular weight excluding hydrogens is 352 g/mol. The summed E-state index contributed by atoms with van der Waals surface area (Å²) in [4.78, 5) is 13.4. The van der Waals surface area contributed by atoms with Crippen molar-refractivity contribution in [2.24, 2.45) is 0 Å². The maximum atomic E-state index is 5.88. The molecule has 1 saturated heterocycles. The minimum atomic E-state index is 0.532. The number of methoxy groups -OCH3 is 1. The molecule has 144 valence electrons. The lowest BCUT2D eigenvalue weighted by atomic mass is 10.2. The normalized spacial score (nSPS) is 14.7. The maximum absolute atomic E-state index is 5.88. The Morgan fingerprint density at radius 1 is 0.857 bits per heavy atom. The fourth-order valence-corrected chi connectivity index (χ4v) is 3.32. The molecule has 2 heterocycles. The fourth-order valence-electron chi connectivity index (χ4n) is 3.32. The van der Waals surface area contributed by atoms with Crippen LogP contribution in [0.2, 0.25) is 0 Å². The zero-order valence-corrected chi connectivity index (χ0v) is 16.0. The van der Waals surface area contributed by atoms with Gasteiger partial charge in [-0.25, -0.2) is 9.97 Å². The van der Waals surface area contributed by atoms with Crippen LogP contribution >= 0.6 is 0 Å². The van der Waals surface area contributed by atoms with Gasteiger partial charge in [-0.05, 0) is 17.7 Å². The van der Waals surface area contributed by atoms with Gasteiger partial charge in [0.15, 0.2) is 0 Å². The first kappa shape index (κ1) is 18.3. The van der Waals surface area contributed by atoms with Crippen molar-refractivity contribution in [3.05, 3.63) is 72.6 Å². The molecule has 1 aliphatic heterocycles. The third-order valence-corrected chi connectivity index (χ3v) is 4.84. The third kappa shape index (κ3) is 4.58. The predicted molar refractivity (Wildman–Crippen MR) is 109 cm³/mol. The molecule has 4 rings (SSSR count). The van der Waals surface area contributed by atoms with Gasteiger partial charge in [-0.1, -0.05) is 36.4 Å². The molecule has 0 bridgehead atoms. The molecule has 0 atom stereocenters. The lowest BCUT2D eigenvalue weighted by Crippen LogP contribution is -2.46. The lowest BCUT2D eigenvalue weighted by molar-refractivity contribution is 0.249. The summed E-state index contributed by atoms with van der Waals surface area (Å²) in [6, 6.07) is 20.0. The van der Waals surface area contributed by atoms with Crippen molar-refractivity contribution < 1.29 is 9.47 Å². The molecule has 0 amide bonds.